The fourth-order valence-corrected chi connectivity index (χ4v) is 4.74. The van der Waals surface area contributed by atoms with Crippen LogP contribution in [0, 0.1) is 6.92 Å². The van der Waals surface area contributed by atoms with Gasteiger partial charge in [-0.05, 0) is 51.1 Å². The predicted octanol–water partition coefficient (Wildman–Crippen LogP) is 4.75. The summed E-state index contributed by atoms with van der Waals surface area (Å²) in [7, 11) is -3.56. The summed E-state index contributed by atoms with van der Waals surface area (Å²) < 4.78 is 25.6. The van der Waals surface area contributed by atoms with Gasteiger partial charge in [-0.25, -0.2) is 18.4 Å². The number of nitrogens with two attached hydrogens (primary N) is 1. The molecule has 9 nitrogen and oxygen atoms in total. The average Bonchev–Trinajstić information content (AvgIpc) is 2.81. The summed E-state index contributed by atoms with van der Waals surface area (Å²) in [6.07, 6.45) is 1.39. The number of carbonyl (C=O) groups excluding carboxylic acids is 1. The number of anilines is 4. The second kappa shape index (κ2) is 9.47. The molecule has 0 radical (unpaired) electrons. The Morgan fingerprint density at radius 3 is 2.49 bits per heavy atom. The highest BCUT2D eigenvalue weighted by atomic mass is 35.5. The van der Waals surface area contributed by atoms with Crippen LogP contribution in [-0.4, -0.2) is 34.5 Å². The highest BCUT2D eigenvalue weighted by molar-refractivity contribution is 7.92. The van der Waals surface area contributed by atoms with Crippen LogP contribution in [0.3, 0.4) is 0 Å². The standard InChI is InChI=1S/C24H23ClN6O3S/c1-13(2)35(33,34)21-7-5-4-6-18(21)29-23-16(25)12-27-24(31-23)30-19-11-20(22(26)32)28-17-9-8-14(3)10-15(17)19/h4-13H,1-3H3,(H2,26,32)(H2,27,28,29,30,31). The minimum Gasteiger partial charge on any atom is -0.364 e. The zero-order valence-electron chi connectivity index (χ0n) is 19.2. The van der Waals surface area contributed by atoms with E-state index in [1.54, 1.807) is 38.1 Å². The molecule has 2 heterocycles. The second-order valence-corrected chi connectivity index (χ2v) is 11.0. The lowest BCUT2D eigenvalue weighted by molar-refractivity contribution is 0.0996. The van der Waals surface area contributed by atoms with Crippen molar-refractivity contribution in [1.29, 1.82) is 0 Å². The minimum atomic E-state index is -3.56. The van der Waals surface area contributed by atoms with Crippen molar-refractivity contribution >= 4 is 61.4 Å². The van der Waals surface area contributed by atoms with Gasteiger partial charge in [0.05, 0.1) is 33.2 Å². The zero-order chi connectivity index (χ0) is 25.3. The van der Waals surface area contributed by atoms with Gasteiger partial charge in [0.15, 0.2) is 15.7 Å². The van der Waals surface area contributed by atoms with E-state index < -0.39 is 21.0 Å². The first-order chi connectivity index (χ1) is 16.6. The maximum Gasteiger partial charge on any atom is 0.267 e. The Bertz CT molecular complexity index is 1560. The molecule has 180 valence electrons. The first-order valence-corrected chi connectivity index (χ1v) is 12.6. The third-order valence-corrected chi connectivity index (χ3v) is 7.76. The predicted molar refractivity (Wildman–Crippen MR) is 137 cm³/mol. The molecule has 0 bridgehead atoms. The average molecular weight is 511 g/mol. The Hall–Kier alpha value is -3.76. The van der Waals surface area contributed by atoms with Crippen LogP contribution in [0.1, 0.15) is 29.9 Å². The fraction of sp³-hybridized carbons (Fsp3) is 0.167. The Morgan fingerprint density at radius 2 is 1.77 bits per heavy atom. The van der Waals surface area contributed by atoms with E-state index in [4.69, 9.17) is 17.3 Å². The summed E-state index contributed by atoms with van der Waals surface area (Å²) in [5, 5.41) is 6.45. The van der Waals surface area contributed by atoms with Gasteiger partial charge in [-0.1, -0.05) is 35.4 Å². The Kier molecular flexibility index (Phi) is 6.60. The van der Waals surface area contributed by atoms with E-state index in [2.05, 4.69) is 25.6 Å². The van der Waals surface area contributed by atoms with Crippen molar-refractivity contribution in [2.75, 3.05) is 10.6 Å². The van der Waals surface area contributed by atoms with E-state index in [1.807, 2.05) is 19.1 Å². The quantitative estimate of drug-likeness (QED) is 0.323. The molecule has 4 aromatic rings. The van der Waals surface area contributed by atoms with Crippen LogP contribution in [0.2, 0.25) is 5.02 Å². The lowest BCUT2D eigenvalue weighted by Gasteiger charge is -2.15. The normalized spacial score (nSPS) is 11.6. The number of nitrogens with zero attached hydrogens (tertiary/aromatic N) is 3. The number of aromatic nitrogens is 3. The zero-order valence-corrected chi connectivity index (χ0v) is 20.8. The lowest BCUT2D eigenvalue weighted by atomic mass is 10.1. The van der Waals surface area contributed by atoms with E-state index in [0.717, 1.165) is 10.9 Å². The van der Waals surface area contributed by atoms with Crippen molar-refractivity contribution in [2.45, 2.75) is 30.9 Å². The topological polar surface area (TPSA) is 140 Å². The molecule has 0 fully saturated rings. The van der Waals surface area contributed by atoms with Crippen LogP contribution in [0.4, 0.5) is 23.1 Å². The summed E-state index contributed by atoms with van der Waals surface area (Å²) in [5.41, 5.74) is 7.99. The number of benzene rings is 2. The largest absolute Gasteiger partial charge is 0.364 e. The van der Waals surface area contributed by atoms with Crippen LogP contribution >= 0.6 is 11.6 Å². The number of aryl methyl sites for hydroxylation is 1. The summed E-state index contributed by atoms with van der Waals surface area (Å²) >= 11 is 6.32. The number of carbonyl (C=O) groups is 1. The molecule has 2 aromatic heterocycles. The van der Waals surface area contributed by atoms with Gasteiger partial charge in [0, 0.05) is 5.39 Å². The SMILES string of the molecule is Cc1ccc2nc(C(N)=O)cc(Nc3ncc(Cl)c(Nc4ccccc4S(=O)(=O)C(C)C)n3)c2c1. The number of hydrogen-bond acceptors (Lipinski definition) is 8. The number of fused-ring (bicyclic) bond motifs is 1. The molecule has 2 aromatic carbocycles. The minimum absolute atomic E-state index is 0.0870. The van der Waals surface area contributed by atoms with Crippen molar-refractivity contribution in [3.05, 3.63) is 71.0 Å². The first kappa shape index (κ1) is 24.4. The Labute approximate surface area is 207 Å². The number of amides is 1. The van der Waals surface area contributed by atoms with Gasteiger partial charge >= 0.3 is 0 Å². The third-order valence-electron chi connectivity index (χ3n) is 5.27. The van der Waals surface area contributed by atoms with E-state index in [9.17, 15) is 13.2 Å². The third kappa shape index (κ3) is 5.03. The molecule has 0 atom stereocenters. The molecular weight excluding hydrogens is 488 g/mol. The van der Waals surface area contributed by atoms with Crippen molar-refractivity contribution in [2.24, 2.45) is 5.73 Å². The van der Waals surface area contributed by atoms with Gasteiger partial charge in [-0.15, -0.1) is 0 Å². The highest BCUT2D eigenvalue weighted by Crippen LogP contribution is 2.31. The summed E-state index contributed by atoms with van der Waals surface area (Å²) in [6.45, 7) is 5.18. The monoisotopic (exact) mass is 510 g/mol. The Morgan fingerprint density at radius 1 is 1.03 bits per heavy atom. The van der Waals surface area contributed by atoms with E-state index in [0.29, 0.717) is 16.9 Å². The molecule has 1 amide bonds. The number of halogens is 1. The smallest absolute Gasteiger partial charge is 0.267 e. The number of sulfone groups is 1. The van der Waals surface area contributed by atoms with E-state index >= 15 is 0 Å². The van der Waals surface area contributed by atoms with Gasteiger partial charge in [0.25, 0.3) is 5.91 Å². The van der Waals surface area contributed by atoms with Crippen LogP contribution in [-0.2, 0) is 9.84 Å². The highest BCUT2D eigenvalue weighted by Gasteiger charge is 2.23. The molecule has 0 aliphatic rings. The van der Waals surface area contributed by atoms with Crippen molar-refractivity contribution in [3.63, 3.8) is 0 Å². The van der Waals surface area contributed by atoms with Gasteiger partial charge in [0.1, 0.15) is 10.7 Å². The van der Waals surface area contributed by atoms with Crippen molar-refractivity contribution in [3.8, 4) is 0 Å². The van der Waals surface area contributed by atoms with Gasteiger partial charge < -0.3 is 16.4 Å². The van der Waals surface area contributed by atoms with Crippen LogP contribution in [0.25, 0.3) is 10.9 Å². The molecule has 4 N–H and O–H groups in total. The van der Waals surface area contributed by atoms with Crippen LogP contribution < -0.4 is 16.4 Å². The molecule has 0 spiro atoms. The van der Waals surface area contributed by atoms with Crippen LogP contribution in [0.15, 0.2) is 59.6 Å². The van der Waals surface area contributed by atoms with Gasteiger partial charge in [0.2, 0.25) is 5.95 Å². The second-order valence-electron chi connectivity index (χ2n) is 8.17. The first-order valence-electron chi connectivity index (χ1n) is 10.7. The number of rotatable bonds is 7. The molecular formula is C24H23ClN6O3S. The van der Waals surface area contributed by atoms with Gasteiger partial charge in [-0.3, -0.25) is 4.79 Å². The van der Waals surface area contributed by atoms with E-state index in [-0.39, 0.29) is 27.4 Å². The molecule has 11 heteroatoms. The summed E-state index contributed by atoms with van der Waals surface area (Å²) in [6, 6.07) is 13.7. The lowest BCUT2D eigenvalue weighted by Crippen LogP contribution is -2.15. The number of primary amides is 1. The van der Waals surface area contributed by atoms with Gasteiger partial charge in [-0.2, -0.15) is 4.98 Å². The number of pyridine rings is 1. The molecule has 0 aliphatic heterocycles. The molecule has 4 rings (SSSR count). The number of hydrogen-bond donors (Lipinski definition) is 3. The van der Waals surface area contributed by atoms with Crippen molar-refractivity contribution in [1.82, 2.24) is 15.0 Å². The fourth-order valence-electron chi connectivity index (χ4n) is 3.40. The molecule has 0 unspecified atom stereocenters. The molecule has 0 saturated heterocycles. The molecule has 0 saturated carbocycles. The molecule has 35 heavy (non-hydrogen) atoms. The number of para-hydroxylation sites is 1. The number of nitrogens with one attached hydrogen (secondary N) is 2. The molecule has 0 aliphatic carbocycles. The maximum atomic E-state index is 12.8. The van der Waals surface area contributed by atoms with E-state index in [1.165, 1.54) is 18.3 Å². The summed E-state index contributed by atoms with van der Waals surface area (Å²) in [4.78, 5) is 24.9. The summed E-state index contributed by atoms with van der Waals surface area (Å²) in [5.74, 6) is -0.288. The Balaban J connectivity index is 1.75. The maximum absolute atomic E-state index is 12.8. The van der Waals surface area contributed by atoms with Crippen LogP contribution in [0.5, 0.6) is 0 Å². The van der Waals surface area contributed by atoms with Crippen molar-refractivity contribution < 1.29 is 13.2 Å².